The molecule has 0 saturated heterocycles. The SMILES string of the molecule is O=C(c1ccc(I)cc1)c1ccc(C(F)(F)F)cc1. The lowest BCUT2D eigenvalue weighted by Gasteiger charge is -2.07. The zero-order valence-electron chi connectivity index (χ0n) is 9.54. The molecule has 0 atom stereocenters. The van der Waals surface area contributed by atoms with Gasteiger partial charge in [-0.2, -0.15) is 13.2 Å². The third-order valence-corrected chi connectivity index (χ3v) is 3.30. The summed E-state index contributed by atoms with van der Waals surface area (Å²) >= 11 is 2.11. The molecule has 0 N–H and O–H groups in total. The fourth-order valence-electron chi connectivity index (χ4n) is 1.58. The molecule has 0 spiro atoms. The highest BCUT2D eigenvalue weighted by molar-refractivity contribution is 14.1. The maximum Gasteiger partial charge on any atom is 0.416 e. The normalized spacial score (nSPS) is 11.4. The van der Waals surface area contributed by atoms with Crippen molar-refractivity contribution >= 4 is 28.4 Å². The van der Waals surface area contributed by atoms with Crippen molar-refractivity contribution in [2.45, 2.75) is 6.18 Å². The molecule has 0 aromatic heterocycles. The van der Waals surface area contributed by atoms with Crippen LogP contribution in [0, 0.1) is 3.57 Å². The van der Waals surface area contributed by atoms with Gasteiger partial charge in [-0.25, -0.2) is 0 Å². The molecule has 5 heteroatoms. The van der Waals surface area contributed by atoms with Crippen molar-refractivity contribution in [2.75, 3.05) is 0 Å². The van der Waals surface area contributed by atoms with Gasteiger partial charge >= 0.3 is 6.18 Å². The van der Waals surface area contributed by atoms with Gasteiger partial charge in [0.2, 0.25) is 0 Å². The van der Waals surface area contributed by atoms with Crippen molar-refractivity contribution in [3.63, 3.8) is 0 Å². The molecule has 2 rings (SSSR count). The minimum absolute atomic E-state index is 0.245. The van der Waals surface area contributed by atoms with Gasteiger partial charge < -0.3 is 0 Å². The van der Waals surface area contributed by atoms with Gasteiger partial charge in [0, 0.05) is 14.7 Å². The molecule has 98 valence electrons. The van der Waals surface area contributed by atoms with Crippen LogP contribution in [0.5, 0.6) is 0 Å². The Morgan fingerprint density at radius 1 is 0.842 bits per heavy atom. The highest BCUT2D eigenvalue weighted by Gasteiger charge is 2.30. The van der Waals surface area contributed by atoms with E-state index in [1.807, 2.05) is 0 Å². The molecule has 2 aromatic carbocycles. The van der Waals surface area contributed by atoms with Gasteiger partial charge in [0.25, 0.3) is 0 Å². The van der Waals surface area contributed by atoms with Gasteiger partial charge in [0.05, 0.1) is 5.56 Å². The number of ketones is 1. The summed E-state index contributed by atoms with van der Waals surface area (Å²) in [5, 5.41) is 0. The van der Waals surface area contributed by atoms with Crippen molar-refractivity contribution < 1.29 is 18.0 Å². The van der Waals surface area contributed by atoms with E-state index in [2.05, 4.69) is 22.6 Å². The molecule has 0 unspecified atom stereocenters. The Morgan fingerprint density at radius 2 is 1.26 bits per heavy atom. The summed E-state index contributed by atoms with van der Waals surface area (Å²) in [6.07, 6.45) is -4.38. The first-order chi connectivity index (χ1) is 8.88. The second-order valence-corrected chi connectivity index (χ2v) is 5.16. The Bertz CT molecular complexity index is 586. The van der Waals surface area contributed by atoms with Crippen LogP contribution in [0.15, 0.2) is 48.5 Å². The zero-order chi connectivity index (χ0) is 14.0. The molecule has 0 aliphatic heterocycles. The van der Waals surface area contributed by atoms with Crippen LogP contribution in [0.4, 0.5) is 13.2 Å². The van der Waals surface area contributed by atoms with Crippen LogP contribution in [0.25, 0.3) is 0 Å². The summed E-state index contributed by atoms with van der Waals surface area (Å²) in [5.74, 6) is -0.287. The maximum absolute atomic E-state index is 12.4. The topological polar surface area (TPSA) is 17.1 Å². The van der Waals surface area contributed by atoms with Crippen LogP contribution in [-0.4, -0.2) is 5.78 Å². The first-order valence-corrected chi connectivity index (χ1v) is 6.43. The Balaban J connectivity index is 2.27. The molecule has 0 saturated carbocycles. The van der Waals surface area contributed by atoms with E-state index in [1.54, 1.807) is 24.3 Å². The quantitative estimate of drug-likeness (QED) is 0.556. The lowest BCUT2D eigenvalue weighted by atomic mass is 10.0. The van der Waals surface area contributed by atoms with Gasteiger partial charge in [-0.1, -0.05) is 12.1 Å². The Kier molecular flexibility index (Phi) is 3.93. The van der Waals surface area contributed by atoms with Crippen molar-refractivity contribution in [1.82, 2.24) is 0 Å². The third-order valence-electron chi connectivity index (χ3n) is 2.58. The van der Waals surface area contributed by atoms with E-state index in [9.17, 15) is 18.0 Å². The van der Waals surface area contributed by atoms with Crippen LogP contribution in [0.3, 0.4) is 0 Å². The molecular weight excluding hydrogens is 368 g/mol. The monoisotopic (exact) mass is 376 g/mol. The van der Waals surface area contributed by atoms with E-state index in [-0.39, 0.29) is 11.3 Å². The van der Waals surface area contributed by atoms with E-state index < -0.39 is 11.7 Å². The number of rotatable bonds is 2. The molecule has 0 amide bonds. The lowest BCUT2D eigenvalue weighted by molar-refractivity contribution is -0.137. The molecule has 19 heavy (non-hydrogen) atoms. The van der Waals surface area contributed by atoms with Gasteiger partial charge in [0.15, 0.2) is 5.78 Å². The van der Waals surface area contributed by atoms with E-state index in [1.165, 1.54) is 12.1 Å². The van der Waals surface area contributed by atoms with Gasteiger partial charge in [-0.15, -0.1) is 0 Å². The van der Waals surface area contributed by atoms with E-state index >= 15 is 0 Å². The predicted octanol–water partition coefficient (Wildman–Crippen LogP) is 4.54. The molecule has 0 radical (unpaired) electrons. The third kappa shape index (κ3) is 3.34. The highest BCUT2D eigenvalue weighted by Crippen LogP contribution is 2.29. The van der Waals surface area contributed by atoms with Crippen LogP contribution in [0.2, 0.25) is 0 Å². The zero-order valence-corrected chi connectivity index (χ0v) is 11.7. The molecule has 2 aromatic rings. The number of halogens is 4. The average molecular weight is 376 g/mol. The number of carbonyl (C=O) groups is 1. The van der Waals surface area contributed by atoms with Crippen LogP contribution >= 0.6 is 22.6 Å². The van der Waals surface area contributed by atoms with E-state index in [0.717, 1.165) is 15.7 Å². The molecule has 0 heterocycles. The minimum Gasteiger partial charge on any atom is -0.289 e. The van der Waals surface area contributed by atoms with Gasteiger partial charge in [0.1, 0.15) is 0 Å². The fraction of sp³-hybridized carbons (Fsp3) is 0.0714. The lowest BCUT2D eigenvalue weighted by Crippen LogP contribution is -2.06. The second-order valence-electron chi connectivity index (χ2n) is 3.91. The van der Waals surface area contributed by atoms with Crippen molar-refractivity contribution in [1.29, 1.82) is 0 Å². The predicted molar refractivity (Wildman–Crippen MR) is 74.0 cm³/mol. The molecule has 0 bridgehead atoms. The minimum atomic E-state index is -4.38. The van der Waals surface area contributed by atoms with E-state index in [4.69, 9.17) is 0 Å². The van der Waals surface area contributed by atoms with E-state index in [0.29, 0.717) is 5.56 Å². The molecule has 0 fully saturated rings. The summed E-state index contributed by atoms with van der Waals surface area (Å²) in [6.45, 7) is 0. The smallest absolute Gasteiger partial charge is 0.289 e. The Morgan fingerprint density at radius 3 is 1.68 bits per heavy atom. The maximum atomic E-state index is 12.4. The largest absolute Gasteiger partial charge is 0.416 e. The first-order valence-electron chi connectivity index (χ1n) is 5.35. The van der Waals surface area contributed by atoms with Crippen molar-refractivity contribution in [2.24, 2.45) is 0 Å². The standard InChI is InChI=1S/C14H8F3IO/c15-14(16,17)11-5-1-9(2-6-11)13(19)10-3-7-12(18)8-4-10/h1-8H. The second kappa shape index (κ2) is 5.32. The van der Waals surface area contributed by atoms with Crippen LogP contribution in [0.1, 0.15) is 21.5 Å². The molecular formula is C14H8F3IO. The number of benzene rings is 2. The van der Waals surface area contributed by atoms with Crippen molar-refractivity contribution in [3.8, 4) is 0 Å². The van der Waals surface area contributed by atoms with Crippen LogP contribution in [-0.2, 0) is 6.18 Å². The summed E-state index contributed by atoms with van der Waals surface area (Å²) in [5.41, 5.74) is -0.0546. The van der Waals surface area contributed by atoms with Gasteiger partial charge in [-0.3, -0.25) is 4.79 Å². The summed E-state index contributed by atoms with van der Waals surface area (Å²) < 4.78 is 38.2. The first kappa shape index (κ1) is 14.0. The van der Waals surface area contributed by atoms with Gasteiger partial charge in [-0.05, 0) is 59.0 Å². The number of hydrogen-bond acceptors (Lipinski definition) is 1. The van der Waals surface area contributed by atoms with Crippen LogP contribution < -0.4 is 0 Å². The number of alkyl halides is 3. The Hall–Kier alpha value is -1.37. The summed E-state index contributed by atoms with van der Waals surface area (Å²) in [7, 11) is 0. The Labute approximate surface area is 121 Å². The highest BCUT2D eigenvalue weighted by atomic mass is 127. The average Bonchev–Trinajstić information content (AvgIpc) is 2.38. The fourth-order valence-corrected chi connectivity index (χ4v) is 1.94. The molecule has 0 aliphatic carbocycles. The number of hydrogen-bond donors (Lipinski definition) is 0. The number of carbonyl (C=O) groups excluding carboxylic acids is 1. The summed E-state index contributed by atoms with van der Waals surface area (Å²) in [4.78, 5) is 12.0. The molecule has 1 nitrogen and oxygen atoms in total. The molecule has 0 aliphatic rings. The van der Waals surface area contributed by atoms with Crippen molar-refractivity contribution in [3.05, 3.63) is 68.8 Å². The summed E-state index contributed by atoms with van der Waals surface area (Å²) in [6, 6.07) is 11.1.